The SMILES string of the molecule is CCC(C)(C)C(OC[C@H](N)C(=O)OC)C(C)(C)CC. The van der Waals surface area contributed by atoms with Gasteiger partial charge in [0.1, 0.15) is 6.04 Å². The molecule has 0 fully saturated rings. The van der Waals surface area contributed by atoms with Gasteiger partial charge >= 0.3 is 5.97 Å². The summed E-state index contributed by atoms with van der Waals surface area (Å²) in [5.74, 6) is -0.428. The highest BCUT2D eigenvalue weighted by molar-refractivity contribution is 5.75. The van der Waals surface area contributed by atoms with Crippen LogP contribution >= 0.6 is 0 Å². The zero-order valence-corrected chi connectivity index (χ0v) is 13.6. The smallest absolute Gasteiger partial charge is 0.325 e. The summed E-state index contributed by atoms with van der Waals surface area (Å²) in [4.78, 5) is 11.3. The first-order valence-corrected chi connectivity index (χ1v) is 7.07. The van der Waals surface area contributed by atoms with Crippen molar-refractivity contribution in [3.63, 3.8) is 0 Å². The Bertz CT molecular complexity index is 271. The molecule has 0 unspecified atom stereocenters. The zero-order chi connectivity index (χ0) is 15.3. The molecule has 0 aromatic carbocycles. The molecule has 0 radical (unpaired) electrons. The van der Waals surface area contributed by atoms with Crippen LogP contribution in [-0.4, -0.2) is 31.8 Å². The van der Waals surface area contributed by atoms with E-state index in [1.807, 2.05) is 0 Å². The summed E-state index contributed by atoms with van der Waals surface area (Å²) in [7, 11) is 1.34. The summed E-state index contributed by atoms with van der Waals surface area (Å²) >= 11 is 0. The molecule has 4 nitrogen and oxygen atoms in total. The highest BCUT2D eigenvalue weighted by atomic mass is 16.5. The van der Waals surface area contributed by atoms with Gasteiger partial charge in [-0.1, -0.05) is 41.5 Å². The molecular weight excluding hydrogens is 242 g/mol. The standard InChI is InChI=1S/C15H31NO3/c1-8-14(3,4)13(15(5,6)9-2)19-10-11(16)12(17)18-7/h11,13H,8-10,16H2,1-7H3/t11-/m0/s1. The molecular formula is C15H31NO3. The Kier molecular flexibility index (Phi) is 7.01. The van der Waals surface area contributed by atoms with Gasteiger partial charge in [-0.3, -0.25) is 4.79 Å². The quantitative estimate of drug-likeness (QED) is 0.691. The number of rotatable bonds is 8. The van der Waals surface area contributed by atoms with Gasteiger partial charge < -0.3 is 15.2 Å². The lowest BCUT2D eigenvalue weighted by atomic mass is 9.69. The number of esters is 1. The first-order valence-electron chi connectivity index (χ1n) is 7.07. The minimum absolute atomic E-state index is 0.0371. The topological polar surface area (TPSA) is 61.5 Å². The average molecular weight is 273 g/mol. The van der Waals surface area contributed by atoms with Crippen molar-refractivity contribution in [1.29, 1.82) is 0 Å². The van der Waals surface area contributed by atoms with Crippen molar-refractivity contribution in [3.05, 3.63) is 0 Å². The van der Waals surface area contributed by atoms with E-state index in [-0.39, 0.29) is 23.5 Å². The Morgan fingerprint density at radius 3 is 1.84 bits per heavy atom. The van der Waals surface area contributed by atoms with Crippen LogP contribution in [-0.2, 0) is 14.3 Å². The van der Waals surface area contributed by atoms with Gasteiger partial charge in [0.05, 0.1) is 19.8 Å². The summed E-state index contributed by atoms with van der Waals surface area (Å²) < 4.78 is 10.6. The molecule has 19 heavy (non-hydrogen) atoms. The highest BCUT2D eigenvalue weighted by Gasteiger charge is 2.40. The number of hydrogen-bond acceptors (Lipinski definition) is 4. The molecule has 0 aliphatic carbocycles. The average Bonchev–Trinajstić information content (AvgIpc) is 2.37. The molecule has 0 spiro atoms. The normalized spacial score (nSPS) is 14.6. The van der Waals surface area contributed by atoms with Crippen LogP contribution in [0, 0.1) is 10.8 Å². The van der Waals surface area contributed by atoms with Crippen LogP contribution in [0.4, 0.5) is 0 Å². The highest BCUT2D eigenvalue weighted by Crippen LogP contribution is 2.40. The van der Waals surface area contributed by atoms with Crippen molar-refractivity contribution in [3.8, 4) is 0 Å². The van der Waals surface area contributed by atoms with Gasteiger partial charge in [-0.05, 0) is 23.7 Å². The number of hydrogen-bond donors (Lipinski definition) is 1. The van der Waals surface area contributed by atoms with E-state index in [9.17, 15) is 4.79 Å². The first kappa shape index (κ1) is 18.4. The minimum atomic E-state index is -0.715. The molecule has 0 rings (SSSR count). The minimum Gasteiger partial charge on any atom is -0.468 e. The Hall–Kier alpha value is -0.610. The van der Waals surface area contributed by atoms with Crippen molar-refractivity contribution < 1.29 is 14.3 Å². The third kappa shape index (κ3) is 5.11. The zero-order valence-electron chi connectivity index (χ0n) is 13.6. The van der Waals surface area contributed by atoms with Crippen molar-refractivity contribution in [2.45, 2.75) is 66.5 Å². The molecule has 0 amide bonds. The van der Waals surface area contributed by atoms with Crippen molar-refractivity contribution in [2.24, 2.45) is 16.6 Å². The molecule has 0 heterocycles. The molecule has 0 aromatic rings. The van der Waals surface area contributed by atoms with E-state index in [1.54, 1.807) is 0 Å². The Morgan fingerprint density at radius 1 is 1.11 bits per heavy atom. The fraction of sp³-hybridized carbons (Fsp3) is 0.933. The van der Waals surface area contributed by atoms with Gasteiger partial charge in [-0.15, -0.1) is 0 Å². The third-order valence-electron chi connectivity index (χ3n) is 4.19. The molecule has 114 valence electrons. The fourth-order valence-corrected chi connectivity index (χ4v) is 2.30. The fourth-order valence-electron chi connectivity index (χ4n) is 2.30. The van der Waals surface area contributed by atoms with Gasteiger partial charge in [0, 0.05) is 0 Å². The molecule has 0 saturated carbocycles. The van der Waals surface area contributed by atoms with Crippen LogP contribution in [0.5, 0.6) is 0 Å². The van der Waals surface area contributed by atoms with Gasteiger partial charge in [0.2, 0.25) is 0 Å². The predicted octanol–water partition coefficient (Wildman–Crippen LogP) is 2.74. The van der Waals surface area contributed by atoms with Crippen LogP contribution in [0.1, 0.15) is 54.4 Å². The lowest BCUT2D eigenvalue weighted by Gasteiger charge is -2.44. The Labute approximate surface area is 118 Å². The van der Waals surface area contributed by atoms with Crippen LogP contribution in [0.3, 0.4) is 0 Å². The Morgan fingerprint density at radius 2 is 1.53 bits per heavy atom. The van der Waals surface area contributed by atoms with Crippen LogP contribution in [0.15, 0.2) is 0 Å². The van der Waals surface area contributed by atoms with Crippen LogP contribution in [0.2, 0.25) is 0 Å². The molecule has 0 aliphatic heterocycles. The molecule has 0 aromatic heterocycles. The van der Waals surface area contributed by atoms with Crippen LogP contribution in [0.25, 0.3) is 0 Å². The van der Waals surface area contributed by atoms with Gasteiger partial charge in [-0.25, -0.2) is 0 Å². The van der Waals surface area contributed by atoms with Gasteiger partial charge in [0.25, 0.3) is 0 Å². The summed E-state index contributed by atoms with van der Waals surface area (Å²) in [6.45, 7) is 13.3. The number of methoxy groups -OCH3 is 1. The monoisotopic (exact) mass is 273 g/mol. The van der Waals surface area contributed by atoms with Crippen LogP contribution < -0.4 is 5.73 Å². The summed E-state index contributed by atoms with van der Waals surface area (Å²) in [5.41, 5.74) is 5.82. The van der Waals surface area contributed by atoms with Crippen molar-refractivity contribution >= 4 is 5.97 Å². The van der Waals surface area contributed by atoms with E-state index in [4.69, 9.17) is 10.5 Å². The second-order valence-corrected chi connectivity index (χ2v) is 6.53. The molecule has 0 saturated heterocycles. The van der Waals surface area contributed by atoms with Gasteiger partial charge in [-0.2, -0.15) is 0 Å². The summed E-state index contributed by atoms with van der Waals surface area (Å²) in [6, 6.07) is -0.715. The number of carbonyl (C=O) groups excluding carboxylic acids is 1. The maximum Gasteiger partial charge on any atom is 0.325 e. The maximum atomic E-state index is 11.3. The molecule has 2 N–H and O–H groups in total. The van der Waals surface area contributed by atoms with E-state index in [2.05, 4.69) is 46.3 Å². The van der Waals surface area contributed by atoms with E-state index in [1.165, 1.54) is 7.11 Å². The van der Waals surface area contributed by atoms with E-state index >= 15 is 0 Å². The molecule has 0 bridgehead atoms. The van der Waals surface area contributed by atoms with E-state index in [0.29, 0.717) is 0 Å². The first-order chi connectivity index (χ1) is 8.62. The maximum absolute atomic E-state index is 11.3. The predicted molar refractivity (Wildman–Crippen MR) is 77.9 cm³/mol. The Balaban J connectivity index is 4.85. The van der Waals surface area contributed by atoms with Crippen molar-refractivity contribution in [1.82, 2.24) is 0 Å². The van der Waals surface area contributed by atoms with E-state index < -0.39 is 12.0 Å². The van der Waals surface area contributed by atoms with Crippen molar-refractivity contribution in [2.75, 3.05) is 13.7 Å². The lowest BCUT2D eigenvalue weighted by Crippen LogP contribution is -2.46. The van der Waals surface area contributed by atoms with E-state index in [0.717, 1.165) is 12.8 Å². The molecule has 1 atom stereocenters. The summed E-state index contributed by atoms with van der Waals surface area (Å²) in [5, 5.41) is 0. The number of ether oxygens (including phenoxy) is 2. The molecule has 0 aliphatic rings. The number of nitrogens with two attached hydrogens (primary N) is 1. The second-order valence-electron chi connectivity index (χ2n) is 6.53. The third-order valence-corrected chi connectivity index (χ3v) is 4.19. The largest absolute Gasteiger partial charge is 0.468 e. The summed E-state index contributed by atoms with van der Waals surface area (Å²) in [6.07, 6.45) is 2.06. The van der Waals surface area contributed by atoms with Gasteiger partial charge in [0.15, 0.2) is 0 Å². The number of carbonyl (C=O) groups is 1. The lowest BCUT2D eigenvalue weighted by molar-refractivity contribution is -0.148. The second kappa shape index (κ2) is 7.25. The molecule has 4 heteroatoms.